The molecule has 0 aromatic heterocycles. The van der Waals surface area contributed by atoms with E-state index in [1.54, 1.807) is 25.2 Å². The number of carbonyl (C=O) groups is 2. The summed E-state index contributed by atoms with van der Waals surface area (Å²) in [5.74, 6) is -1.97. The monoisotopic (exact) mass is 258 g/mol. The molecule has 0 aromatic carbocycles. The van der Waals surface area contributed by atoms with Gasteiger partial charge in [0.2, 0.25) is 0 Å². The second kappa shape index (κ2) is 7.12. The molecule has 1 aliphatic rings. The average Bonchev–Trinajstić information content (AvgIpc) is 2.38. The molecule has 0 heterocycles. The summed E-state index contributed by atoms with van der Waals surface area (Å²) in [6.45, 7) is 5.29. The molecule has 4 heteroatoms. The lowest BCUT2D eigenvalue weighted by Crippen LogP contribution is -2.33. The fourth-order valence-corrected chi connectivity index (χ4v) is 2.47. The maximum Gasteiger partial charge on any atom is 0.307 e. The van der Waals surface area contributed by atoms with Crippen LogP contribution < -0.4 is 0 Å². The zero-order chi connectivity index (χ0) is 14.4. The summed E-state index contributed by atoms with van der Waals surface area (Å²) in [5.41, 5.74) is 0.871. The van der Waals surface area contributed by atoms with Crippen LogP contribution in [0.4, 0.5) is 0 Å². The van der Waals surface area contributed by atoms with E-state index in [0.29, 0.717) is 23.9 Å². The van der Waals surface area contributed by atoms with Gasteiger partial charge in [-0.2, -0.15) is 0 Å². The molecule has 1 fully saturated rings. The van der Waals surface area contributed by atoms with E-state index < -0.39 is 17.8 Å². The summed E-state index contributed by atoms with van der Waals surface area (Å²) in [5, 5.41) is 9.21. The maximum atomic E-state index is 12.4. The molecule has 1 N–H and O–H groups in total. The Hall–Kier alpha value is -1.58. The number of carboxylic acids is 1. The number of rotatable bonds is 5. The van der Waals surface area contributed by atoms with Crippen molar-refractivity contribution in [3.05, 3.63) is 35.9 Å². The van der Waals surface area contributed by atoms with Crippen LogP contribution >= 0.6 is 0 Å². The molecule has 1 aliphatic carbocycles. The molecular formula is C15H19BO3. The van der Waals surface area contributed by atoms with Gasteiger partial charge in [0.25, 0.3) is 0 Å². The van der Waals surface area contributed by atoms with Crippen LogP contribution in [-0.2, 0) is 9.59 Å². The van der Waals surface area contributed by atoms with Crippen LogP contribution in [-0.4, -0.2) is 24.7 Å². The van der Waals surface area contributed by atoms with Crippen LogP contribution in [0.25, 0.3) is 0 Å². The quantitative estimate of drug-likeness (QED) is 0.468. The minimum atomic E-state index is -0.874. The van der Waals surface area contributed by atoms with Crippen LogP contribution in [0.5, 0.6) is 0 Å². The van der Waals surface area contributed by atoms with Crippen molar-refractivity contribution < 1.29 is 14.7 Å². The molecule has 0 aromatic rings. The highest BCUT2D eigenvalue weighted by Gasteiger charge is 2.36. The summed E-state index contributed by atoms with van der Waals surface area (Å²) < 4.78 is 0. The highest BCUT2D eigenvalue weighted by molar-refractivity contribution is 6.23. The van der Waals surface area contributed by atoms with E-state index >= 15 is 0 Å². The molecule has 100 valence electrons. The van der Waals surface area contributed by atoms with Crippen molar-refractivity contribution in [2.45, 2.75) is 32.6 Å². The smallest absolute Gasteiger partial charge is 0.307 e. The first kappa shape index (κ1) is 15.5. The zero-order valence-electron chi connectivity index (χ0n) is 11.3. The Morgan fingerprint density at radius 3 is 2.26 bits per heavy atom. The van der Waals surface area contributed by atoms with Crippen molar-refractivity contribution in [3.8, 4) is 0 Å². The number of Topliss-reactive ketones (excluding diaryl/α,β-unsaturated/α-hetero) is 1. The molecule has 2 radical (unpaired) electrons. The van der Waals surface area contributed by atoms with Gasteiger partial charge in [0.15, 0.2) is 5.78 Å². The third kappa shape index (κ3) is 4.23. The molecule has 0 amide bonds. The topological polar surface area (TPSA) is 54.4 Å². The average molecular weight is 258 g/mol. The normalized spacial score (nSPS) is 24.4. The molecule has 2 atom stereocenters. The van der Waals surface area contributed by atoms with Crippen LogP contribution in [0.3, 0.4) is 0 Å². The van der Waals surface area contributed by atoms with Gasteiger partial charge in [-0.3, -0.25) is 9.59 Å². The largest absolute Gasteiger partial charge is 0.481 e. The van der Waals surface area contributed by atoms with E-state index in [4.69, 9.17) is 7.85 Å². The maximum absolute atomic E-state index is 12.4. The van der Waals surface area contributed by atoms with E-state index in [1.165, 1.54) is 0 Å². The van der Waals surface area contributed by atoms with Gasteiger partial charge in [-0.1, -0.05) is 31.1 Å². The molecule has 0 spiro atoms. The van der Waals surface area contributed by atoms with Crippen molar-refractivity contribution in [3.63, 3.8) is 0 Å². The van der Waals surface area contributed by atoms with Gasteiger partial charge in [0, 0.05) is 11.5 Å². The minimum Gasteiger partial charge on any atom is -0.481 e. The molecule has 1 saturated carbocycles. The van der Waals surface area contributed by atoms with Gasteiger partial charge in [-0.15, -0.1) is 12.1 Å². The fraction of sp³-hybridized carbons (Fsp3) is 0.467. The molecule has 1 rings (SSSR count). The molecule has 0 aliphatic heterocycles. The standard InChI is InChI=1S/C15H19BO3/c1-3-11(9-8-10(2)16)14(17)12-6-4-5-7-13(12)15(18)19/h3,8-9,12-13H,2,4-7H2,1H3,(H,18,19)/b9-8-,11-3+/t12-,13-/m1/s1. The van der Waals surface area contributed by atoms with E-state index in [0.717, 1.165) is 12.8 Å². The third-order valence-corrected chi connectivity index (χ3v) is 3.49. The Morgan fingerprint density at radius 1 is 1.21 bits per heavy atom. The van der Waals surface area contributed by atoms with Gasteiger partial charge in [-0.05, 0) is 19.8 Å². The van der Waals surface area contributed by atoms with Crippen LogP contribution in [0.1, 0.15) is 32.6 Å². The molecule has 0 unspecified atom stereocenters. The SMILES string of the molecule is [B]C(=C)/C=C\C(=C/C)C(=O)[C@@H]1CCCC[C@H]1C(=O)O. The summed E-state index contributed by atoms with van der Waals surface area (Å²) in [6, 6.07) is 0. The summed E-state index contributed by atoms with van der Waals surface area (Å²) in [6.07, 6.45) is 7.87. The van der Waals surface area contributed by atoms with Gasteiger partial charge < -0.3 is 5.11 Å². The Morgan fingerprint density at radius 2 is 1.79 bits per heavy atom. The first-order valence-electron chi connectivity index (χ1n) is 6.53. The van der Waals surface area contributed by atoms with E-state index in [2.05, 4.69) is 6.58 Å². The van der Waals surface area contributed by atoms with Gasteiger partial charge in [0.1, 0.15) is 7.85 Å². The molecular weight excluding hydrogens is 239 g/mol. The molecule has 19 heavy (non-hydrogen) atoms. The van der Waals surface area contributed by atoms with Crippen molar-refractivity contribution in [1.29, 1.82) is 0 Å². The van der Waals surface area contributed by atoms with Crippen molar-refractivity contribution in [2.24, 2.45) is 11.8 Å². The molecule has 0 bridgehead atoms. The molecule has 0 saturated heterocycles. The summed E-state index contributed by atoms with van der Waals surface area (Å²) >= 11 is 0. The van der Waals surface area contributed by atoms with Crippen LogP contribution in [0.15, 0.2) is 35.9 Å². The van der Waals surface area contributed by atoms with E-state index in [1.807, 2.05) is 0 Å². The predicted octanol–water partition coefficient (Wildman–Crippen LogP) is 2.63. The zero-order valence-corrected chi connectivity index (χ0v) is 11.3. The second-order valence-corrected chi connectivity index (χ2v) is 4.85. The van der Waals surface area contributed by atoms with Crippen LogP contribution in [0, 0.1) is 11.8 Å². The number of carboxylic acid groups (broad SMARTS) is 1. The van der Waals surface area contributed by atoms with Gasteiger partial charge in [-0.25, -0.2) is 0 Å². The number of hydrogen-bond donors (Lipinski definition) is 1. The third-order valence-electron chi connectivity index (χ3n) is 3.49. The van der Waals surface area contributed by atoms with E-state index in [-0.39, 0.29) is 5.78 Å². The summed E-state index contributed by atoms with van der Waals surface area (Å²) in [4.78, 5) is 23.6. The van der Waals surface area contributed by atoms with Gasteiger partial charge in [0.05, 0.1) is 5.92 Å². The van der Waals surface area contributed by atoms with Crippen molar-refractivity contribution in [1.82, 2.24) is 0 Å². The summed E-state index contributed by atoms with van der Waals surface area (Å²) in [7, 11) is 5.44. The Balaban J connectivity index is 2.89. The Kier molecular flexibility index (Phi) is 5.80. The number of allylic oxidation sites excluding steroid dienone is 5. The van der Waals surface area contributed by atoms with E-state index in [9.17, 15) is 14.7 Å². The first-order chi connectivity index (χ1) is 8.97. The Bertz CT molecular complexity index is 435. The number of carbonyl (C=O) groups excluding carboxylic acids is 1. The first-order valence-corrected chi connectivity index (χ1v) is 6.53. The van der Waals surface area contributed by atoms with Gasteiger partial charge >= 0.3 is 5.97 Å². The van der Waals surface area contributed by atoms with Crippen molar-refractivity contribution >= 4 is 19.6 Å². The number of ketones is 1. The van der Waals surface area contributed by atoms with Crippen molar-refractivity contribution in [2.75, 3.05) is 0 Å². The lowest BCUT2D eigenvalue weighted by Gasteiger charge is -2.27. The minimum absolute atomic E-state index is 0.105. The second-order valence-electron chi connectivity index (χ2n) is 4.85. The Labute approximate surface area is 115 Å². The molecule has 3 nitrogen and oxygen atoms in total. The fourth-order valence-electron chi connectivity index (χ4n) is 2.47. The lowest BCUT2D eigenvalue weighted by atomic mass is 9.75. The van der Waals surface area contributed by atoms with Crippen LogP contribution in [0.2, 0.25) is 0 Å². The number of aliphatic carboxylic acids is 1. The lowest BCUT2D eigenvalue weighted by molar-refractivity contribution is -0.147. The predicted molar refractivity (Wildman–Crippen MR) is 75.9 cm³/mol. The highest BCUT2D eigenvalue weighted by Crippen LogP contribution is 2.32. The number of hydrogen-bond acceptors (Lipinski definition) is 2. The highest BCUT2D eigenvalue weighted by atomic mass is 16.4.